The predicted octanol–water partition coefficient (Wildman–Crippen LogP) is 4.25. The minimum atomic E-state index is -1.30. The van der Waals surface area contributed by atoms with Crippen LogP contribution >= 0.6 is 0 Å². The molecule has 0 unspecified atom stereocenters. The first-order valence-electron chi connectivity index (χ1n) is 16.8. The summed E-state index contributed by atoms with van der Waals surface area (Å²) >= 11 is 0. The molecular formula is C37H37N9O4. The van der Waals surface area contributed by atoms with E-state index in [1.807, 2.05) is 53.6 Å². The SMILES string of the molecule is NO[C@@]1(C(=O)Nc2ccc3[nH]nc(-c4ccnc(C5CC5)c4)c3c2)CCN(CC(=O)N2CC=C(c3ccc(-c4ncccn4)c(O)c3)CC2)C1. The van der Waals surface area contributed by atoms with E-state index in [4.69, 9.17) is 10.7 Å². The molecule has 0 bridgehead atoms. The number of aromatic nitrogens is 5. The lowest BCUT2D eigenvalue weighted by Gasteiger charge is -2.29. The van der Waals surface area contributed by atoms with E-state index in [1.165, 1.54) is 0 Å². The summed E-state index contributed by atoms with van der Waals surface area (Å²) in [5, 5.41) is 22.2. The van der Waals surface area contributed by atoms with E-state index < -0.39 is 5.60 Å². The summed E-state index contributed by atoms with van der Waals surface area (Å²) < 4.78 is 0. The highest BCUT2D eigenvalue weighted by molar-refractivity contribution is 6.01. The standard InChI is InChI=1S/C37H37N9O4/c38-50-37(36(49)42-27-5-7-30-29(20-27)34(44-43-30)26-8-14-39-31(18-26)24-2-3-24)11-17-45(22-37)21-33(48)46-15-9-23(10-16-46)25-4-6-28(32(47)19-25)35-40-12-1-13-41-35/h1,4-9,12-14,18-20,24,47H,2-3,10-11,15-17,21-22,38H2,(H,42,49)(H,43,44)/t37-/m0/s1. The molecule has 254 valence electrons. The summed E-state index contributed by atoms with van der Waals surface area (Å²) in [5.41, 5.74) is 5.52. The highest BCUT2D eigenvalue weighted by Crippen LogP contribution is 2.40. The van der Waals surface area contributed by atoms with Gasteiger partial charge in [-0.15, -0.1) is 0 Å². The molecular weight excluding hydrogens is 634 g/mol. The van der Waals surface area contributed by atoms with Crippen LogP contribution in [0.2, 0.25) is 0 Å². The van der Waals surface area contributed by atoms with Crippen molar-refractivity contribution in [2.45, 2.75) is 37.2 Å². The molecule has 3 aliphatic rings. The minimum absolute atomic E-state index is 0.0353. The number of phenolic OH excluding ortho intramolecular Hbond substituents is 1. The zero-order chi connectivity index (χ0) is 34.2. The summed E-state index contributed by atoms with van der Waals surface area (Å²) in [7, 11) is 0. The first-order chi connectivity index (χ1) is 24.4. The molecule has 2 aromatic carbocycles. The number of hydrogen-bond donors (Lipinski definition) is 4. The summed E-state index contributed by atoms with van der Waals surface area (Å²) in [5.74, 6) is 6.46. The number of aromatic hydroxyl groups is 1. The second-order valence-electron chi connectivity index (χ2n) is 13.2. The number of nitrogens with one attached hydrogen (secondary N) is 2. The van der Waals surface area contributed by atoms with Crippen LogP contribution in [-0.4, -0.2) is 90.2 Å². The molecule has 13 nitrogen and oxygen atoms in total. The number of aromatic amines is 1. The molecule has 0 radical (unpaired) electrons. The zero-order valence-electron chi connectivity index (χ0n) is 27.4. The Morgan fingerprint density at radius 1 is 1.02 bits per heavy atom. The molecule has 1 atom stereocenters. The first-order valence-corrected chi connectivity index (χ1v) is 16.8. The van der Waals surface area contributed by atoms with E-state index in [0.717, 1.165) is 51.8 Å². The Bertz CT molecular complexity index is 2110. The summed E-state index contributed by atoms with van der Waals surface area (Å²) in [6.45, 7) is 1.81. The Morgan fingerprint density at radius 3 is 2.64 bits per heavy atom. The van der Waals surface area contributed by atoms with E-state index in [1.54, 1.807) is 29.4 Å². The van der Waals surface area contributed by atoms with Gasteiger partial charge in [-0.3, -0.25) is 29.4 Å². The number of carbonyl (C=O) groups excluding carboxylic acids is 2. The van der Waals surface area contributed by atoms with Crippen molar-refractivity contribution < 1.29 is 19.5 Å². The lowest BCUT2D eigenvalue weighted by molar-refractivity contribution is -0.141. The van der Waals surface area contributed by atoms with Crippen LogP contribution < -0.4 is 11.2 Å². The number of nitrogens with two attached hydrogens (primary N) is 1. The Morgan fingerprint density at radius 2 is 1.88 bits per heavy atom. The molecule has 5 aromatic rings. The molecule has 2 amide bonds. The van der Waals surface area contributed by atoms with Crippen LogP contribution in [0.1, 0.15) is 42.9 Å². The predicted molar refractivity (Wildman–Crippen MR) is 187 cm³/mol. The number of H-pyrrole nitrogens is 1. The van der Waals surface area contributed by atoms with Gasteiger partial charge in [0.25, 0.3) is 5.91 Å². The lowest BCUT2D eigenvalue weighted by atomic mass is 9.97. The minimum Gasteiger partial charge on any atom is -0.507 e. The van der Waals surface area contributed by atoms with Crippen LogP contribution in [0.5, 0.6) is 5.75 Å². The van der Waals surface area contributed by atoms with Crippen LogP contribution in [0.25, 0.3) is 39.1 Å². The third-order valence-electron chi connectivity index (χ3n) is 9.92. The van der Waals surface area contributed by atoms with Gasteiger partial charge in [-0.25, -0.2) is 15.9 Å². The highest BCUT2D eigenvalue weighted by atomic mass is 16.6. The van der Waals surface area contributed by atoms with Gasteiger partial charge >= 0.3 is 0 Å². The molecule has 5 heterocycles. The van der Waals surface area contributed by atoms with Crippen molar-refractivity contribution in [3.05, 3.63) is 90.5 Å². The van der Waals surface area contributed by atoms with E-state index in [9.17, 15) is 14.7 Å². The maximum absolute atomic E-state index is 13.7. The van der Waals surface area contributed by atoms with Crippen LogP contribution in [-0.2, 0) is 14.4 Å². The maximum atomic E-state index is 13.7. The van der Waals surface area contributed by atoms with Crippen molar-refractivity contribution in [3.8, 4) is 28.4 Å². The molecule has 2 aliphatic heterocycles. The number of hydrogen-bond acceptors (Lipinski definition) is 10. The Balaban J connectivity index is 0.892. The van der Waals surface area contributed by atoms with Crippen molar-refractivity contribution in [1.82, 2.24) is 34.9 Å². The number of carbonyl (C=O) groups is 2. The fraction of sp³-hybridized carbons (Fsp3) is 0.297. The molecule has 2 fully saturated rings. The number of anilines is 1. The van der Waals surface area contributed by atoms with E-state index in [-0.39, 0.29) is 30.7 Å². The van der Waals surface area contributed by atoms with Crippen LogP contribution in [0.4, 0.5) is 5.69 Å². The summed E-state index contributed by atoms with van der Waals surface area (Å²) in [4.78, 5) is 49.0. The zero-order valence-corrected chi connectivity index (χ0v) is 27.4. The third kappa shape index (κ3) is 6.22. The molecule has 50 heavy (non-hydrogen) atoms. The Kier molecular flexibility index (Phi) is 8.31. The fourth-order valence-corrected chi connectivity index (χ4v) is 6.89. The van der Waals surface area contributed by atoms with Gasteiger partial charge in [0.2, 0.25) is 5.91 Å². The van der Waals surface area contributed by atoms with Crippen molar-refractivity contribution in [2.24, 2.45) is 5.90 Å². The second-order valence-corrected chi connectivity index (χ2v) is 13.2. The Hall–Kier alpha value is -5.50. The largest absolute Gasteiger partial charge is 0.507 e. The number of benzene rings is 2. The first kappa shape index (κ1) is 31.7. The fourth-order valence-electron chi connectivity index (χ4n) is 6.89. The molecule has 0 spiro atoms. The van der Waals surface area contributed by atoms with Gasteiger partial charge in [0.15, 0.2) is 11.4 Å². The van der Waals surface area contributed by atoms with Crippen LogP contribution in [0, 0.1) is 0 Å². The van der Waals surface area contributed by atoms with Crippen molar-refractivity contribution in [1.29, 1.82) is 0 Å². The molecule has 1 saturated carbocycles. The van der Waals surface area contributed by atoms with E-state index >= 15 is 0 Å². The maximum Gasteiger partial charge on any atom is 0.260 e. The average Bonchev–Trinajstić information content (AvgIpc) is 3.79. The monoisotopic (exact) mass is 671 g/mol. The number of likely N-dealkylation sites (tertiary alicyclic amines) is 1. The molecule has 13 heteroatoms. The number of amides is 2. The van der Waals surface area contributed by atoms with Gasteiger partial charge < -0.3 is 15.3 Å². The molecule has 5 N–H and O–H groups in total. The quantitative estimate of drug-likeness (QED) is 0.166. The van der Waals surface area contributed by atoms with Gasteiger partial charge in [0.1, 0.15) is 11.4 Å². The number of rotatable bonds is 9. The molecule has 1 aliphatic carbocycles. The molecule has 3 aromatic heterocycles. The normalized spacial score (nSPS) is 19.5. The van der Waals surface area contributed by atoms with Gasteiger partial charge in [0, 0.05) is 79.4 Å². The van der Waals surface area contributed by atoms with Gasteiger partial charge in [-0.1, -0.05) is 12.1 Å². The van der Waals surface area contributed by atoms with Gasteiger partial charge in [0.05, 0.1) is 17.6 Å². The van der Waals surface area contributed by atoms with E-state index in [2.05, 4.69) is 36.5 Å². The number of fused-ring (bicyclic) bond motifs is 1. The van der Waals surface area contributed by atoms with Crippen LogP contribution in [0.3, 0.4) is 0 Å². The molecule has 8 rings (SSSR count). The summed E-state index contributed by atoms with van der Waals surface area (Å²) in [6.07, 6.45) is 10.4. The number of pyridine rings is 1. The van der Waals surface area contributed by atoms with Gasteiger partial charge in [-0.05, 0) is 78.9 Å². The average molecular weight is 672 g/mol. The van der Waals surface area contributed by atoms with Crippen molar-refractivity contribution in [3.63, 3.8) is 0 Å². The highest BCUT2D eigenvalue weighted by Gasteiger charge is 2.46. The number of nitrogens with zero attached hydrogens (tertiary/aromatic N) is 6. The third-order valence-corrected chi connectivity index (χ3v) is 9.92. The van der Waals surface area contributed by atoms with Crippen molar-refractivity contribution >= 4 is 34.0 Å². The summed E-state index contributed by atoms with van der Waals surface area (Å²) in [6, 6.07) is 16.8. The van der Waals surface area contributed by atoms with Gasteiger partial charge in [-0.2, -0.15) is 5.10 Å². The lowest BCUT2D eigenvalue weighted by Crippen LogP contribution is -2.50. The Labute approximate surface area is 288 Å². The second kappa shape index (κ2) is 13.1. The number of phenols is 1. The smallest absolute Gasteiger partial charge is 0.260 e. The molecule has 1 saturated heterocycles. The van der Waals surface area contributed by atoms with Crippen LogP contribution in [0.15, 0.2) is 79.3 Å². The van der Waals surface area contributed by atoms with E-state index in [0.29, 0.717) is 55.5 Å². The topological polar surface area (TPSA) is 175 Å². The van der Waals surface area contributed by atoms with Crippen molar-refractivity contribution in [2.75, 3.05) is 38.0 Å².